The van der Waals surface area contributed by atoms with Crippen molar-refractivity contribution in [3.05, 3.63) is 112 Å². The number of aromatic nitrogens is 10. The summed E-state index contributed by atoms with van der Waals surface area (Å²) in [6.45, 7) is 10.8. The average molecular weight is 821 g/mol. The van der Waals surface area contributed by atoms with Gasteiger partial charge in [0.25, 0.3) is 5.69 Å². The van der Waals surface area contributed by atoms with E-state index >= 15 is 0 Å². The van der Waals surface area contributed by atoms with Crippen molar-refractivity contribution >= 4 is 64.5 Å². The fourth-order valence-corrected chi connectivity index (χ4v) is 5.76. The molecule has 0 aliphatic rings. The molecule has 0 aliphatic heterocycles. The topological polar surface area (TPSA) is 356 Å². The molecule has 25 heteroatoms. The first-order valence-electron chi connectivity index (χ1n) is 17.0. The minimum Gasteiger partial charge on any atom is -0.478 e. The second-order valence-electron chi connectivity index (χ2n) is 12.5. The first-order valence-corrected chi connectivity index (χ1v) is 17.0. The molecule has 300 valence electrons. The Hall–Kier alpha value is -9.78. The third-order valence-electron chi connectivity index (χ3n) is 8.62. The van der Waals surface area contributed by atoms with Crippen molar-refractivity contribution in [2.24, 2.45) is 20.5 Å². The number of anilines is 2. The summed E-state index contributed by atoms with van der Waals surface area (Å²) < 4.78 is 4.67. The molecule has 61 heavy (non-hydrogen) atoms. The number of nitrogens with two attached hydrogens (primary N) is 2. The zero-order valence-electron chi connectivity index (χ0n) is 31.1. The summed E-state index contributed by atoms with van der Waals surface area (Å²) in [5, 5.41) is 72.3. The van der Waals surface area contributed by atoms with Crippen LogP contribution in [0.5, 0.6) is 0 Å². The Morgan fingerprint density at radius 1 is 0.721 bits per heavy atom. The molecule has 25 nitrogen and oxygen atoms in total. The molecule has 0 saturated heterocycles. The van der Waals surface area contributed by atoms with E-state index in [9.17, 15) is 39.8 Å². The number of carbonyl (C=O) groups excluding carboxylic acids is 1. The molecule has 7 N–H and O–H groups in total. The maximum absolute atomic E-state index is 11.7. The normalized spacial score (nSPS) is 11.2. The van der Waals surface area contributed by atoms with Crippen molar-refractivity contribution in [1.29, 1.82) is 5.26 Å². The summed E-state index contributed by atoms with van der Waals surface area (Å²) in [6.07, 6.45) is 4.00. The van der Waals surface area contributed by atoms with Crippen molar-refractivity contribution in [2.45, 2.75) is 13.8 Å². The van der Waals surface area contributed by atoms with Crippen molar-refractivity contribution in [3.63, 3.8) is 0 Å². The van der Waals surface area contributed by atoms with Gasteiger partial charge in [-0.3, -0.25) is 4.79 Å². The van der Waals surface area contributed by atoms with Crippen LogP contribution >= 0.6 is 0 Å². The van der Waals surface area contributed by atoms with E-state index < -0.39 is 17.9 Å². The lowest BCUT2D eigenvalue weighted by Crippen LogP contribution is -2.09. The molecule has 7 aromatic rings. The Bertz CT molecular complexity index is 3110. The van der Waals surface area contributed by atoms with Gasteiger partial charge in [0.15, 0.2) is 46.3 Å². The lowest BCUT2D eigenvalue weighted by atomic mass is 10.1. The molecule has 0 spiro atoms. The molecule has 0 fully saturated rings. The van der Waals surface area contributed by atoms with E-state index in [-0.39, 0.29) is 103 Å². The Kier molecular flexibility index (Phi) is 10.1. The second-order valence-corrected chi connectivity index (χ2v) is 12.5. The lowest BCUT2D eigenvalue weighted by Gasteiger charge is -2.08. The number of carboxylic acid groups (broad SMARTS) is 3. The molecule has 0 bridgehead atoms. The highest BCUT2D eigenvalue weighted by molar-refractivity contribution is 5.95. The van der Waals surface area contributed by atoms with Crippen molar-refractivity contribution < 1.29 is 34.5 Å². The molecule has 0 saturated carbocycles. The Morgan fingerprint density at radius 2 is 1.21 bits per heavy atom. The van der Waals surface area contributed by atoms with Crippen LogP contribution in [0, 0.1) is 31.8 Å². The maximum Gasteiger partial charge on any atom is 0.335 e. The van der Waals surface area contributed by atoms with Gasteiger partial charge in [-0.15, -0.1) is 20.5 Å². The standard InChI is InChI=1S/C36H24N18O7/c1-16-28(45-47-32-22(11-37)12-43-51(32)23-5-18(14-55)4-19(7-23)34(56)57)30(38)53(49-16)26-10-27(42-15-41-26)54-31(39)29(17(2)50-54)46-48-33-25(40-3)13-44-52(33)24-8-20(35(58)59)6-21(9-24)36(60)61/h4-10,12-15H,38-39H2,1-2H3,(H,56,57)(H,58,59)(H,60,61). The molecule has 5 heterocycles. The molecule has 2 aromatic carbocycles. The van der Waals surface area contributed by atoms with E-state index in [0.29, 0.717) is 6.29 Å². The summed E-state index contributed by atoms with van der Waals surface area (Å²) in [7, 11) is 0. The van der Waals surface area contributed by atoms with Gasteiger partial charge in [0.1, 0.15) is 24.2 Å². The predicted octanol–water partition coefficient (Wildman–Crippen LogP) is 5.16. The van der Waals surface area contributed by atoms with Gasteiger partial charge in [0.05, 0.1) is 58.4 Å². The first-order chi connectivity index (χ1) is 29.2. The number of carbonyl (C=O) groups is 4. The fourth-order valence-electron chi connectivity index (χ4n) is 5.76. The van der Waals surface area contributed by atoms with Crippen molar-refractivity contribution in [1.82, 2.24) is 49.1 Å². The van der Waals surface area contributed by atoms with Gasteiger partial charge in [-0.05, 0) is 50.2 Å². The van der Waals surface area contributed by atoms with Crippen LogP contribution in [0.2, 0.25) is 0 Å². The third kappa shape index (κ3) is 7.33. The molecule has 0 aliphatic carbocycles. The van der Waals surface area contributed by atoms with Crippen LogP contribution in [-0.2, 0) is 0 Å². The molecule has 5 aromatic heterocycles. The van der Waals surface area contributed by atoms with Crippen LogP contribution in [-0.4, -0.2) is 88.6 Å². The van der Waals surface area contributed by atoms with Gasteiger partial charge in [-0.1, -0.05) is 0 Å². The number of hydrogen-bond donors (Lipinski definition) is 5. The van der Waals surface area contributed by atoms with Crippen LogP contribution in [0.1, 0.15) is 58.4 Å². The predicted molar refractivity (Wildman–Crippen MR) is 207 cm³/mol. The summed E-state index contributed by atoms with van der Waals surface area (Å²) in [5.74, 6) is -4.15. The first kappa shape index (κ1) is 39.5. The summed E-state index contributed by atoms with van der Waals surface area (Å²) >= 11 is 0. The van der Waals surface area contributed by atoms with Crippen LogP contribution in [0.15, 0.2) is 81.6 Å². The molecular weight excluding hydrogens is 797 g/mol. The lowest BCUT2D eigenvalue weighted by molar-refractivity contribution is 0.0682. The van der Waals surface area contributed by atoms with Gasteiger partial charge < -0.3 is 26.8 Å². The highest BCUT2D eigenvalue weighted by Gasteiger charge is 2.22. The van der Waals surface area contributed by atoms with E-state index in [0.717, 1.165) is 33.8 Å². The van der Waals surface area contributed by atoms with Gasteiger partial charge in [-0.25, -0.2) is 38.6 Å². The number of rotatable bonds is 12. The van der Waals surface area contributed by atoms with Gasteiger partial charge in [0.2, 0.25) is 0 Å². The van der Waals surface area contributed by atoms with E-state index in [4.69, 9.17) is 18.0 Å². The average Bonchev–Trinajstić information content (AvgIpc) is 4.01. The number of benzene rings is 2. The number of nitriles is 1. The van der Waals surface area contributed by atoms with Crippen LogP contribution < -0.4 is 11.5 Å². The van der Waals surface area contributed by atoms with Gasteiger partial charge in [0, 0.05) is 11.6 Å². The number of azo groups is 2. The van der Waals surface area contributed by atoms with Gasteiger partial charge in [-0.2, -0.15) is 35.0 Å². The number of nitrogen functional groups attached to an aromatic ring is 2. The van der Waals surface area contributed by atoms with E-state index in [2.05, 4.69) is 55.7 Å². The molecule has 0 unspecified atom stereocenters. The largest absolute Gasteiger partial charge is 0.478 e. The highest BCUT2D eigenvalue weighted by Crippen LogP contribution is 2.36. The summed E-state index contributed by atoms with van der Waals surface area (Å²) in [4.78, 5) is 58.6. The van der Waals surface area contributed by atoms with Crippen molar-refractivity contribution in [3.8, 4) is 29.1 Å². The SMILES string of the molecule is [C-]#[N+]c1cnn(-c2cc(C(=O)O)cc(C(=O)O)c2)c1N=Nc1c(C)nn(-c2cc(-n3nc(C)c(N=Nc4c(C#N)cnn4-c4cc(C=O)cc(C(=O)O)c4)c3N)ncn2)c1N. The maximum atomic E-state index is 11.7. The van der Waals surface area contributed by atoms with E-state index in [1.165, 1.54) is 46.2 Å². The number of aromatic carboxylic acids is 3. The minimum absolute atomic E-state index is 0.0104. The van der Waals surface area contributed by atoms with E-state index in [1.807, 2.05) is 6.07 Å². The fraction of sp³-hybridized carbons (Fsp3) is 0.0556. The number of hydrogen-bond acceptors (Lipinski definition) is 17. The summed E-state index contributed by atoms with van der Waals surface area (Å²) in [6, 6.07) is 10.5. The number of aldehydes is 1. The molecule has 0 amide bonds. The minimum atomic E-state index is -1.39. The van der Waals surface area contributed by atoms with Crippen LogP contribution in [0.3, 0.4) is 0 Å². The Balaban J connectivity index is 1.21. The zero-order chi connectivity index (χ0) is 43.7. The Morgan fingerprint density at radius 3 is 1.72 bits per heavy atom. The van der Waals surface area contributed by atoms with Crippen molar-refractivity contribution in [2.75, 3.05) is 11.5 Å². The Labute approximate surface area is 339 Å². The van der Waals surface area contributed by atoms with Crippen LogP contribution in [0.25, 0.3) is 27.9 Å². The zero-order valence-corrected chi connectivity index (χ0v) is 31.1. The van der Waals surface area contributed by atoms with Gasteiger partial charge >= 0.3 is 17.9 Å². The second kappa shape index (κ2) is 15.6. The van der Waals surface area contributed by atoms with Crippen LogP contribution in [0.4, 0.5) is 40.3 Å². The quantitative estimate of drug-likeness (QED) is 0.0603. The number of carboxylic acids is 3. The molecule has 7 rings (SSSR count). The number of nitrogens with zero attached hydrogens (tertiary/aromatic N) is 16. The smallest absolute Gasteiger partial charge is 0.335 e. The summed E-state index contributed by atoms with van der Waals surface area (Å²) in [5.41, 5.74) is 12.8. The highest BCUT2D eigenvalue weighted by atomic mass is 16.4. The molecule has 0 atom stereocenters. The molecular formula is C36H24N18O7. The molecule has 0 radical (unpaired) electrons. The van der Waals surface area contributed by atoms with E-state index in [1.54, 1.807) is 13.8 Å². The monoisotopic (exact) mass is 820 g/mol. The third-order valence-corrected chi connectivity index (χ3v) is 8.62. The number of aryl methyl sites for hydroxylation is 2.